The van der Waals surface area contributed by atoms with Crippen molar-refractivity contribution in [2.75, 3.05) is 32.8 Å². The summed E-state index contributed by atoms with van der Waals surface area (Å²) in [5.74, 6) is 0.167. The molecule has 3 nitrogen and oxygen atoms in total. The second-order valence-corrected chi connectivity index (χ2v) is 7.65. The van der Waals surface area contributed by atoms with E-state index in [1.165, 1.54) is 11.3 Å². The van der Waals surface area contributed by atoms with Gasteiger partial charge in [-0.1, -0.05) is 0 Å². The summed E-state index contributed by atoms with van der Waals surface area (Å²) in [6.07, 6.45) is 1.00. The van der Waals surface area contributed by atoms with Crippen LogP contribution < -0.4 is 0 Å². The largest absolute Gasteiger partial charge is 0.380 e. The topological polar surface area (TPSA) is 29.5 Å². The lowest BCUT2D eigenvalue weighted by atomic mass is 10.2. The van der Waals surface area contributed by atoms with Crippen molar-refractivity contribution in [1.82, 2.24) is 4.90 Å². The van der Waals surface area contributed by atoms with E-state index in [1.54, 1.807) is 0 Å². The van der Waals surface area contributed by atoms with Crippen molar-refractivity contribution in [3.05, 3.63) is 19.2 Å². The highest BCUT2D eigenvalue weighted by Crippen LogP contribution is 2.32. The van der Waals surface area contributed by atoms with Crippen LogP contribution in [0.4, 0.5) is 0 Å². The summed E-state index contributed by atoms with van der Waals surface area (Å²) in [4.78, 5) is 14.3. The maximum atomic E-state index is 12.1. The van der Waals surface area contributed by atoms with Gasteiger partial charge in [0, 0.05) is 25.3 Å². The molecule has 0 unspecified atom stereocenters. The van der Waals surface area contributed by atoms with Crippen molar-refractivity contribution < 1.29 is 9.53 Å². The average molecular weight is 383 g/mol. The van der Waals surface area contributed by atoms with Crippen molar-refractivity contribution in [3.8, 4) is 0 Å². The molecule has 0 spiro atoms. The molecule has 6 heteroatoms. The van der Waals surface area contributed by atoms with Gasteiger partial charge in [0.2, 0.25) is 0 Å². The molecule has 2 heterocycles. The van der Waals surface area contributed by atoms with Crippen LogP contribution in [0.3, 0.4) is 0 Å². The molecule has 94 valence electrons. The molecule has 0 amide bonds. The van der Waals surface area contributed by atoms with E-state index in [0.717, 1.165) is 45.9 Å². The van der Waals surface area contributed by atoms with Gasteiger partial charge in [-0.25, -0.2) is 0 Å². The molecule has 1 fully saturated rings. The minimum Gasteiger partial charge on any atom is -0.380 e. The van der Waals surface area contributed by atoms with Crippen LogP contribution in [0.1, 0.15) is 16.8 Å². The Morgan fingerprint density at radius 3 is 2.94 bits per heavy atom. The SMILES string of the molecule is O=C(CN1CCCOCC1)c1cc(Br)sc1Br. The molecule has 0 radical (unpaired) electrons. The van der Waals surface area contributed by atoms with E-state index in [1.807, 2.05) is 6.07 Å². The fourth-order valence-electron chi connectivity index (χ4n) is 1.77. The Bertz CT molecular complexity index is 400. The number of rotatable bonds is 3. The summed E-state index contributed by atoms with van der Waals surface area (Å²) >= 11 is 8.35. The number of carbonyl (C=O) groups is 1. The molecular weight excluding hydrogens is 370 g/mol. The zero-order chi connectivity index (χ0) is 12.3. The summed E-state index contributed by atoms with van der Waals surface area (Å²) in [7, 11) is 0. The lowest BCUT2D eigenvalue weighted by Crippen LogP contribution is -2.32. The van der Waals surface area contributed by atoms with Crippen molar-refractivity contribution >= 4 is 49.0 Å². The zero-order valence-corrected chi connectivity index (χ0v) is 13.2. The Hall–Kier alpha value is 0.250. The number of ether oxygens (including phenoxy) is 1. The minimum atomic E-state index is 0.167. The second kappa shape index (κ2) is 6.43. The quantitative estimate of drug-likeness (QED) is 0.752. The predicted molar refractivity (Wildman–Crippen MR) is 75.9 cm³/mol. The molecule has 0 aromatic carbocycles. The normalized spacial score (nSPS) is 18.0. The Labute approximate surface area is 121 Å². The van der Waals surface area contributed by atoms with E-state index in [0.29, 0.717) is 6.54 Å². The Morgan fingerprint density at radius 2 is 2.24 bits per heavy atom. The van der Waals surface area contributed by atoms with Crippen LogP contribution in [-0.2, 0) is 4.74 Å². The number of hydrogen-bond acceptors (Lipinski definition) is 4. The van der Waals surface area contributed by atoms with Gasteiger partial charge in [-0.3, -0.25) is 9.69 Å². The molecule has 0 bridgehead atoms. The molecule has 1 saturated heterocycles. The van der Waals surface area contributed by atoms with Crippen LogP contribution in [0, 0.1) is 0 Å². The van der Waals surface area contributed by atoms with Crippen LogP contribution >= 0.6 is 43.2 Å². The van der Waals surface area contributed by atoms with Gasteiger partial charge in [0.25, 0.3) is 0 Å². The van der Waals surface area contributed by atoms with Crippen LogP contribution in [0.25, 0.3) is 0 Å². The van der Waals surface area contributed by atoms with E-state index in [9.17, 15) is 4.79 Å². The smallest absolute Gasteiger partial charge is 0.178 e. The monoisotopic (exact) mass is 381 g/mol. The number of nitrogens with zero attached hydrogens (tertiary/aromatic N) is 1. The number of carbonyl (C=O) groups excluding carboxylic acids is 1. The van der Waals surface area contributed by atoms with Crippen LogP contribution in [-0.4, -0.2) is 43.5 Å². The zero-order valence-electron chi connectivity index (χ0n) is 9.25. The van der Waals surface area contributed by atoms with Gasteiger partial charge in [-0.2, -0.15) is 0 Å². The molecule has 2 rings (SSSR count). The number of hydrogen-bond donors (Lipinski definition) is 0. The third-order valence-electron chi connectivity index (χ3n) is 2.64. The first kappa shape index (κ1) is 13.7. The van der Waals surface area contributed by atoms with Crippen molar-refractivity contribution in [2.24, 2.45) is 0 Å². The van der Waals surface area contributed by atoms with Gasteiger partial charge >= 0.3 is 0 Å². The van der Waals surface area contributed by atoms with E-state index >= 15 is 0 Å². The highest BCUT2D eigenvalue weighted by atomic mass is 79.9. The molecule has 17 heavy (non-hydrogen) atoms. The van der Waals surface area contributed by atoms with Crippen molar-refractivity contribution in [1.29, 1.82) is 0 Å². The highest BCUT2D eigenvalue weighted by Gasteiger charge is 2.18. The van der Waals surface area contributed by atoms with Gasteiger partial charge in [-0.15, -0.1) is 11.3 Å². The Morgan fingerprint density at radius 1 is 1.41 bits per heavy atom. The van der Waals surface area contributed by atoms with Gasteiger partial charge in [0.1, 0.15) is 0 Å². The standard InChI is InChI=1S/C11H13Br2NO2S/c12-10-6-8(11(13)17-10)9(15)7-14-2-1-4-16-5-3-14/h6H,1-5,7H2. The number of halogens is 2. The summed E-state index contributed by atoms with van der Waals surface area (Å²) in [6.45, 7) is 3.79. The minimum absolute atomic E-state index is 0.167. The molecular formula is C11H13Br2NO2S. The molecule has 0 N–H and O–H groups in total. The van der Waals surface area contributed by atoms with Crippen molar-refractivity contribution in [3.63, 3.8) is 0 Å². The Balaban J connectivity index is 1.98. The summed E-state index contributed by atoms with van der Waals surface area (Å²) in [5, 5.41) is 0. The van der Waals surface area contributed by atoms with Crippen molar-refractivity contribution in [2.45, 2.75) is 6.42 Å². The van der Waals surface area contributed by atoms with Crippen LogP contribution in [0.2, 0.25) is 0 Å². The highest BCUT2D eigenvalue weighted by molar-refractivity contribution is 9.12. The fourth-order valence-corrected chi connectivity index (χ4v) is 4.63. The van der Waals surface area contributed by atoms with E-state index in [-0.39, 0.29) is 5.78 Å². The number of thiophene rings is 1. The molecule has 1 aromatic heterocycles. The summed E-state index contributed by atoms with van der Waals surface area (Å²) in [6, 6.07) is 1.88. The van der Waals surface area contributed by atoms with Gasteiger partial charge in [0.15, 0.2) is 5.78 Å². The number of Topliss-reactive ketones (excluding diaryl/α,β-unsaturated/α-hetero) is 1. The molecule has 1 aliphatic heterocycles. The maximum absolute atomic E-state index is 12.1. The van der Waals surface area contributed by atoms with Crippen LogP contribution in [0.5, 0.6) is 0 Å². The molecule has 0 aliphatic carbocycles. The third-order valence-corrected chi connectivity index (χ3v) is 4.98. The molecule has 0 saturated carbocycles. The van der Waals surface area contributed by atoms with Gasteiger partial charge in [0.05, 0.1) is 20.7 Å². The first-order chi connectivity index (χ1) is 8.16. The Kier molecular flexibility index (Phi) is 5.17. The van der Waals surface area contributed by atoms with E-state index in [2.05, 4.69) is 36.8 Å². The lowest BCUT2D eigenvalue weighted by molar-refractivity contribution is 0.0922. The van der Waals surface area contributed by atoms with Crippen LogP contribution in [0.15, 0.2) is 13.6 Å². The fraction of sp³-hybridized carbons (Fsp3) is 0.545. The maximum Gasteiger partial charge on any atom is 0.178 e. The third kappa shape index (κ3) is 3.86. The molecule has 1 aromatic rings. The first-order valence-electron chi connectivity index (χ1n) is 5.45. The molecule has 0 atom stereocenters. The van der Waals surface area contributed by atoms with Gasteiger partial charge in [-0.05, 0) is 44.3 Å². The lowest BCUT2D eigenvalue weighted by Gasteiger charge is -2.17. The predicted octanol–water partition coefficient (Wildman–Crippen LogP) is 3.18. The van der Waals surface area contributed by atoms with E-state index in [4.69, 9.17) is 4.74 Å². The second-order valence-electron chi connectivity index (χ2n) is 3.90. The number of ketones is 1. The first-order valence-corrected chi connectivity index (χ1v) is 7.85. The van der Waals surface area contributed by atoms with Gasteiger partial charge < -0.3 is 4.74 Å². The van der Waals surface area contributed by atoms with E-state index < -0.39 is 0 Å². The molecule has 1 aliphatic rings. The summed E-state index contributed by atoms with van der Waals surface area (Å²) in [5.41, 5.74) is 0.770. The summed E-state index contributed by atoms with van der Waals surface area (Å²) < 4.78 is 7.25. The average Bonchev–Trinajstić information content (AvgIpc) is 2.51.